The maximum Gasteiger partial charge on any atom is 0.343 e. The zero-order valence-electron chi connectivity index (χ0n) is 16.9. The molecule has 5 nitrogen and oxygen atoms in total. The van der Waals surface area contributed by atoms with E-state index >= 15 is 0 Å². The maximum atomic E-state index is 12.7. The topological polar surface area (TPSA) is 83.8 Å². The van der Waals surface area contributed by atoms with Gasteiger partial charge in [0.2, 0.25) is 0 Å². The summed E-state index contributed by atoms with van der Waals surface area (Å²) < 4.78 is 5.63. The number of carboxylic acid groups (broad SMARTS) is 1. The van der Waals surface area contributed by atoms with Gasteiger partial charge >= 0.3 is 11.9 Å². The molecule has 3 aromatic rings. The predicted molar refractivity (Wildman–Crippen MR) is 120 cm³/mol. The van der Waals surface area contributed by atoms with Gasteiger partial charge in [0, 0.05) is 11.1 Å². The van der Waals surface area contributed by atoms with E-state index in [0.29, 0.717) is 24.0 Å². The standard InChI is InChI=1S/C26H22O5/c1-3-5-17-7-13-23(27)21(15-17)22-16-18(6-4-2)8-14-24(22)31-26(30)20-11-9-19(10-12-20)25(28)29/h3-4,7-16,27H,1-2,5-6H2,(H,28,29). The molecule has 0 radical (unpaired) electrons. The molecule has 0 atom stereocenters. The van der Waals surface area contributed by atoms with Gasteiger partial charge in [0.15, 0.2) is 0 Å². The molecule has 0 bridgehead atoms. The zero-order chi connectivity index (χ0) is 22.4. The third-order valence-corrected chi connectivity index (χ3v) is 4.73. The fraction of sp³-hybridized carbons (Fsp3) is 0.0769. The Morgan fingerprint density at radius 2 is 1.35 bits per heavy atom. The third-order valence-electron chi connectivity index (χ3n) is 4.73. The number of carbonyl (C=O) groups is 2. The van der Waals surface area contributed by atoms with Gasteiger partial charge in [-0.25, -0.2) is 9.59 Å². The summed E-state index contributed by atoms with van der Waals surface area (Å²) in [5, 5.41) is 19.5. The number of hydrogen-bond donors (Lipinski definition) is 2. The number of allylic oxidation sites excluding steroid dienone is 2. The molecule has 0 saturated heterocycles. The van der Waals surface area contributed by atoms with Gasteiger partial charge in [-0.3, -0.25) is 0 Å². The summed E-state index contributed by atoms with van der Waals surface area (Å²) in [6.07, 6.45) is 4.78. The Labute approximate surface area is 180 Å². The normalized spacial score (nSPS) is 10.3. The minimum Gasteiger partial charge on any atom is -0.507 e. The van der Waals surface area contributed by atoms with Gasteiger partial charge in [0.05, 0.1) is 11.1 Å². The first-order valence-corrected chi connectivity index (χ1v) is 9.65. The number of phenols is 1. The summed E-state index contributed by atoms with van der Waals surface area (Å²) in [6, 6.07) is 16.1. The molecule has 0 spiro atoms. The summed E-state index contributed by atoms with van der Waals surface area (Å²) in [4.78, 5) is 23.7. The number of rotatable bonds is 8. The Bertz CT molecular complexity index is 1140. The second-order valence-electron chi connectivity index (χ2n) is 6.94. The van der Waals surface area contributed by atoms with E-state index in [1.54, 1.807) is 24.3 Å². The Morgan fingerprint density at radius 1 is 0.806 bits per heavy atom. The fourth-order valence-electron chi connectivity index (χ4n) is 3.17. The molecule has 0 heterocycles. The van der Waals surface area contributed by atoms with Crippen LogP contribution in [0, 0.1) is 0 Å². The summed E-state index contributed by atoms with van der Waals surface area (Å²) in [6.45, 7) is 7.50. The van der Waals surface area contributed by atoms with Crippen LogP contribution in [-0.2, 0) is 12.8 Å². The van der Waals surface area contributed by atoms with E-state index in [-0.39, 0.29) is 22.6 Å². The van der Waals surface area contributed by atoms with Gasteiger partial charge in [-0.15, -0.1) is 13.2 Å². The first kappa shape index (κ1) is 21.6. The average Bonchev–Trinajstić information content (AvgIpc) is 2.76. The van der Waals surface area contributed by atoms with Crippen molar-refractivity contribution in [3.63, 3.8) is 0 Å². The molecule has 31 heavy (non-hydrogen) atoms. The summed E-state index contributed by atoms with van der Waals surface area (Å²) in [5.74, 6) is -1.36. The van der Waals surface area contributed by atoms with Crippen molar-refractivity contribution in [2.45, 2.75) is 12.8 Å². The highest BCUT2D eigenvalue weighted by atomic mass is 16.5. The Kier molecular flexibility index (Phi) is 6.67. The lowest BCUT2D eigenvalue weighted by atomic mass is 9.97. The second kappa shape index (κ2) is 9.59. The van der Waals surface area contributed by atoms with Crippen LogP contribution >= 0.6 is 0 Å². The number of ether oxygens (including phenoxy) is 1. The lowest BCUT2D eigenvalue weighted by molar-refractivity contribution is 0.0692. The molecule has 0 amide bonds. The fourth-order valence-corrected chi connectivity index (χ4v) is 3.17. The third kappa shape index (κ3) is 5.08. The molecule has 3 rings (SSSR count). The second-order valence-corrected chi connectivity index (χ2v) is 6.94. The van der Waals surface area contributed by atoms with Crippen LogP contribution in [0.3, 0.4) is 0 Å². The van der Waals surface area contributed by atoms with Gasteiger partial charge in [-0.05, 0) is 72.5 Å². The number of aromatic carboxylic acids is 1. The molecule has 0 aliphatic heterocycles. The SMILES string of the molecule is C=CCc1ccc(O)c(-c2cc(CC=C)ccc2OC(=O)c2ccc(C(=O)O)cc2)c1. The molecular formula is C26H22O5. The smallest absolute Gasteiger partial charge is 0.343 e. The maximum absolute atomic E-state index is 12.7. The van der Waals surface area contributed by atoms with Gasteiger partial charge in [0.1, 0.15) is 11.5 Å². The molecule has 5 heteroatoms. The van der Waals surface area contributed by atoms with Crippen LogP contribution in [0.25, 0.3) is 11.1 Å². The Hall–Kier alpha value is -4.12. The van der Waals surface area contributed by atoms with Crippen LogP contribution in [0.15, 0.2) is 86.0 Å². The van der Waals surface area contributed by atoms with Crippen LogP contribution in [0.5, 0.6) is 11.5 Å². The Morgan fingerprint density at radius 3 is 1.94 bits per heavy atom. The molecule has 0 aliphatic carbocycles. The number of phenolic OH excluding ortho intramolecular Hbond substituents is 1. The van der Waals surface area contributed by atoms with Gasteiger partial charge < -0.3 is 14.9 Å². The van der Waals surface area contributed by atoms with E-state index in [0.717, 1.165) is 11.1 Å². The number of esters is 1. The van der Waals surface area contributed by atoms with Gasteiger partial charge in [-0.2, -0.15) is 0 Å². The molecule has 3 aromatic carbocycles. The van der Waals surface area contributed by atoms with Crippen molar-refractivity contribution in [1.29, 1.82) is 0 Å². The van der Waals surface area contributed by atoms with Crippen molar-refractivity contribution in [1.82, 2.24) is 0 Å². The lowest BCUT2D eigenvalue weighted by Gasteiger charge is -2.14. The van der Waals surface area contributed by atoms with Crippen LogP contribution in [0.2, 0.25) is 0 Å². The molecule has 0 aromatic heterocycles. The summed E-state index contributed by atoms with van der Waals surface area (Å²) >= 11 is 0. The Balaban J connectivity index is 2.01. The van der Waals surface area contributed by atoms with E-state index in [1.807, 2.05) is 24.3 Å². The average molecular weight is 414 g/mol. The zero-order valence-corrected chi connectivity index (χ0v) is 16.9. The minimum atomic E-state index is -1.07. The van der Waals surface area contributed by atoms with Crippen molar-refractivity contribution in [3.05, 3.63) is 108 Å². The monoisotopic (exact) mass is 414 g/mol. The lowest BCUT2D eigenvalue weighted by Crippen LogP contribution is -2.10. The number of carboxylic acids is 1. The van der Waals surface area contributed by atoms with Crippen molar-refractivity contribution in [3.8, 4) is 22.6 Å². The molecule has 156 valence electrons. The number of benzene rings is 3. The number of hydrogen-bond acceptors (Lipinski definition) is 4. The van der Waals surface area contributed by atoms with Crippen molar-refractivity contribution in [2.75, 3.05) is 0 Å². The predicted octanol–water partition coefficient (Wildman–Crippen LogP) is 5.43. The van der Waals surface area contributed by atoms with E-state index in [9.17, 15) is 14.7 Å². The van der Waals surface area contributed by atoms with Crippen LogP contribution in [0.4, 0.5) is 0 Å². The molecule has 0 unspecified atom stereocenters. The molecule has 0 aliphatic rings. The first-order valence-electron chi connectivity index (χ1n) is 9.65. The van der Waals surface area contributed by atoms with E-state index in [4.69, 9.17) is 9.84 Å². The quantitative estimate of drug-likeness (QED) is 0.292. The van der Waals surface area contributed by atoms with Crippen molar-refractivity contribution in [2.24, 2.45) is 0 Å². The van der Waals surface area contributed by atoms with Gasteiger partial charge in [-0.1, -0.05) is 24.3 Å². The first-order chi connectivity index (χ1) is 14.9. The number of carbonyl (C=O) groups excluding carboxylic acids is 1. The summed E-state index contributed by atoms with van der Waals surface area (Å²) in [5.41, 5.74) is 3.31. The van der Waals surface area contributed by atoms with E-state index in [2.05, 4.69) is 13.2 Å². The molecular weight excluding hydrogens is 392 g/mol. The van der Waals surface area contributed by atoms with Crippen LogP contribution in [0.1, 0.15) is 31.8 Å². The molecule has 2 N–H and O–H groups in total. The van der Waals surface area contributed by atoms with E-state index in [1.165, 1.54) is 24.3 Å². The largest absolute Gasteiger partial charge is 0.507 e. The van der Waals surface area contributed by atoms with E-state index < -0.39 is 11.9 Å². The van der Waals surface area contributed by atoms with Crippen LogP contribution < -0.4 is 4.74 Å². The molecule has 0 fully saturated rings. The van der Waals surface area contributed by atoms with Gasteiger partial charge in [0.25, 0.3) is 0 Å². The highest BCUT2D eigenvalue weighted by molar-refractivity contribution is 5.94. The van der Waals surface area contributed by atoms with Crippen molar-refractivity contribution < 1.29 is 24.5 Å². The highest BCUT2D eigenvalue weighted by Gasteiger charge is 2.17. The molecule has 0 saturated carbocycles. The van der Waals surface area contributed by atoms with Crippen LogP contribution in [-0.4, -0.2) is 22.2 Å². The number of aromatic hydroxyl groups is 1. The minimum absolute atomic E-state index is 0.0617. The van der Waals surface area contributed by atoms with Crippen molar-refractivity contribution >= 4 is 11.9 Å². The highest BCUT2D eigenvalue weighted by Crippen LogP contribution is 2.38. The summed E-state index contributed by atoms with van der Waals surface area (Å²) in [7, 11) is 0.